The maximum absolute atomic E-state index is 11.4. The van der Waals surface area contributed by atoms with Gasteiger partial charge in [0.05, 0.1) is 10.5 Å². The molecule has 2 aromatic rings. The SMILES string of the molecule is C.NC(=O)C(=O)c1c[nH]c2ccc([N+](=O)[O-])cc12. The Labute approximate surface area is 102 Å². The van der Waals surface area contributed by atoms with E-state index in [0.717, 1.165) is 0 Å². The molecule has 1 heterocycles. The fourth-order valence-electron chi connectivity index (χ4n) is 1.54. The molecule has 94 valence electrons. The number of ketones is 1. The van der Waals surface area contributed by atoms with E-state index >= 15 is 0 Å². The van der Waals surface area contributed by atoms with E-state index in [1.54, 1.807) is 0 Å². The highest BCUT2D eigenvalue weighted by Crippen LogP contribution is 2.23. The number of nitro groups is 1. The quantitative estimate of drug-likeness (QED) is 0.369. The number of carbonyl (C=O) groups is 2. The number of aromatic nitrogens is 1. The van der Waals surface area contributed by atoms with Crippen molar-refractivity contribution in [2.24, 2.45) is 5.73 Å². The lowest BCUT2D eigenvalue weighted by molar-refractivity contribution is -0.384. The summed E-state index contributed by atoms with van der Waals surface area (Å²) < 4.78 is 0. The lowest BCUT2D eigenvalue weighted by atomic mass is 10.1. The molecule has 2 rings (SSSR count). The Kier molecular flexibility index (Phi) is 3.46. The van der Waals surface area contributed by atoms with Crippen LogP contribution in [0.2, 0.25) is 0 Å². The summed E-state index contributed by atoms with van der Waals surface area (Å²) in [6.07, 6.45) is 1.31. The molecular formula is C11H11N3O4. The molecule has 0 aliphatic rings. The van der Waals surface area contributed by atoms with E-state index in [1.165, 1.54) is 24.4 Å². The van der Waals surface area contributed by atoms with Crippen molar-refractivity contribution < 1.29 is 14.5 Å². The first kappa shape index (κ1) is 13.4. The molecule has 7 heteroatoms. The molecular weight excluding hydrogens is 238 g/mol. The minimum atomic E-state index is -1.10. The van der Waals surface area contributed by atoms with Crippen LogP contribution in [0, 0.1) is 10.1 Å². The van der Waals surface area contributed by atoms with Crippen LogP contribution in [0.15, 0.2) is 24.4 Å². The van der Waals surface area contributed by atoms with Crippen LogP contribution in [0.1, 0.15) is 17.8 Å². The van der Waals surface area contributed by atoms with E-state index in [-0.39, 0.29) is 18.7 Å². The first-order chi connectivity index (χ1) is 8.00. The number of carbonyl (C=O) groups excluding carboxylic acids is 2. The Morgan fingerprint density at radius 3 is 2.56 bits per heavy atom. The molecule has 0 aliphatic carbocycles. The fourth-order valence-corrected chi connectivity index (χ4v) is 1.54. The van der Waals surface area contributed by atoms with Gasteiger partial charge < -0.3 is 10.7 Å². The maximum Gasteiger partial charge on any atom is 0.289 e. The van der Waals surface area contributed by atoms with Crippen LogP contribution in [0.25, 0.3) is 10.9 Å². The van der Waals surface area contributed by atoms with Gasteiger partial charge in [-0.25, -0.2) is 0 Å². The second-order valence-corrected chi connectivity index (χ2v) is 3.38. The molecule has 3 N–H and O–H groups in total. The number of amides is 1. The van der Waals surface area contributed by atoms with Gasteiger partial charge in [-0.2, -0.15) is 0 Å². The largest absolute Gasteiger partial charge is 0.363 e. The number of nitrogens with two attached hydrogens (primary N) is 1. The molecule has 0 saturated heterocycles. The van der Waals surface area contributed by atoms with E-state index < -0.39 is 16.6 Å². The zero-order valence-electron chi connectivity index (χ0n) is 8.47. The number of Topliss-reactive ketones (excluding diaryl/α,β-unsaturated/α-hetero) is 1. The van der Waals surface area contributed by atoms with Crippen molar-refractivity contribution in [2.45, 2.75) is 7.43 Å². The third-order valence-corrected chi connectivity index (χ3v) is 2.34. The number of non-ortho nitro benzene ring substituents is 1. The van der Waals surface area contributed by atoms with Crippen LogP contribution in [-0.4, -0.2) is 21.6 Å². The lowest BCUT2D eigenvalue weighted by Gasteiger charge is -1.95. The first-order valence-corrected chi connectivity index (χ1v) is 4.60. The van der Waals surface area contributed by atoms with Gasteiger partial charge in [-0.1, -0.05) is 7.43 Å². The molecule has 0 atom stereocenters. The fraction of sp³-hybridized carbons (Fsp3) is 0.0909. The minimum Gasteiger partial charge on any atom is -0.363 e. The second-order valence-electron chi connectivity index (χ2n) is 3.38. The van der Waals surface area contributed by atoms with Crippen molar-refractivity contribution in [1.29, 1.82) is 0 Å². The van der Waals surface area contributed by atoms with E-state index in [9.17, 15) is 19.7 Å². The first-order valence-electron chi connectivity index (χ1n) is 4.60. The Morgan fingerprint density at radius 1 is 1.33 bits per heavy atom. The summed E-state index contributed by atoms with van der Waals surface area (Å²) in [5.41, 5.74) is 5.29. The smallest absolute Gasteiger partial charge is 0.289 e. The van der Waals surface area contributed by atoms with Crippen LogP contribution in [0.4, 0.5) is 5.69 Å². The summed E-state index contributed by atoms with van der Waals surface area (Å²) in [6, 6.07) is 3.99. The predicted octanol–water partition coefficient (Wildman–Crippen LogP) is 1.38. The van der Waals surface area contributed by atoms with Crippen LogP contribution in [0.5, 0.6) is 0 Å². The van der Waals surface area contributed by atoms with E-state index in [0.29, 0.717) is 10.9 Å². The minimum absolute atomic E-state index is 0. The summed E-state index contributed by atoms with van der Waals surface area (Å²) in [6.45, 7) is 0. The topological polar surface area (TPSA) is 119 Å². The van der Waals surface area contributed by atoms with Crippen molar-refractivity contribution in [2.75, 3.05) is 0 Å². The second kappa shape index (κ2) is 4.66. The molecule has 1 aromatic carbocycles. The number of nitrogens with zero attached hydrogens (tertiary/aromatic N) is 1. The van der Waals surface area contributed by atoms with Gasteiger partial charge in [0.15, 0.2) is 0 Å². The third kappa shape index (κ3) is 2.05. The predicted molar refractivity (Wildman–Crippen MR) is 65.2 cm³/mol. The van der Waals surface area contributed by atoms with Crippen molar-refractivity contribution in [3.63, 3.8) is 0 Å². The number of hydrogen-bond acceptors (Lipinski definition) is 4. The Hall–Kier alpha value is -2.70. The molecule has 0 aliphatic heterocycles. The maximum atomic E-state index is 11.4. The van der Waals surface area contributed by atoms with Crippen molar-refractivity contribution >= 4 is 28.3 Å². The molecule has 0 fully saturated rings. The number of nitrogens with one attached hydrogen (secondary N) is 1. The number of fused-ring (bicyclic) bond motifs is 1. The van der Waals surface area contributed by atoms with Crippen LogP contribution in [-0.2, 0) is 4.79 Å². The monoisotopic (exact) mass is 249 g/mol. The molecule has 0 bridgehead atoms. The number of aromatic amines is 1. The Morgan fingerprint density at radius 2 is 2.00 bits per heavy atom. The number of H-pyrrole nitrogens is 1. The normalized spacial score (nSPS) is 9.78. The Bertz CT molecular complexity index is 645. The number of primary amides is 1. The Balaban J connectivity index is 0.00000162. The van der Waals surface area contributed by atoms with Crippen molar-refractivity contribution in [3.05, 3.63) is 40.1 Å². The van der Waals surface area contributed by atoms with Crippen molar-refractivity contribution in [1.82, 2.24) is 4.98 Å². The van der Waals surface area contributed by atoms with Gasteiger partial charge in [0.2, 0.25) is 0 Å². The average Bonchev–Trinajstić information content (AvgIpc) is 2.70. The highest BCUT2D eigenvalue weighted by molar-refractivity contribution is 6.44. The zero-order chi connectivity index (χ0) is 12.6. The molecule has 0 radical (unpaired) electrons. The molecule has 0 saturated carbocycles. The van der Waals surface area contributed by atoms with Crippen LogP contribution < -0.4 is 5.73 Å². The van der Waals surface area contributed by atoms with Crippen LogP contribution in [0.3, 0.4) is 0 Å². The van der Waals surface area contributed by atoms with E-state index in [4.69, 9.17) is 5.73 Å². The highest BCUT2D eigenvalue weighted by atomic mass is 16.6. The molecule has 1 aromatic heterocycles. The summed E-state index contributed by atoms with van der Waals surface area (Å²) >= 11 is 0. The number of rotatable bonds is 3. The number of nitro benzene ring substituents is 1. The van der Waals surface area contributed by atoms with Gasteiger partial charge in [0.1, 0.15) is 0 Å². The van der Waals surface area contributed by atoms with Gasteiger partial charge in [-0.05, 0) is 6.07 Å². The average molecular weight is 249 g/mol. The molecule has 0 unspecified atom stereocenters. The van der Waals surface area contributed by atoms with Crippen LogP contribution >= 0.6 is 0 Å². The molecule has 0 spiro atoms. The van der Waals surface area contributed by atoms with E-state index in [1.807, 2.05) is 0 Å². The summed E-state index contributed by atoms with van der Waals surface area (Å²) in [5.74, 6) is -1.98. The molecule has 1 amide bonds. The standard InChI is InChI=1S/C10H7N3O4.CH4/c11-10(15)9(14)7-4-12-8-2-1-5(13(16)17)3-6(7)8;/h1-4,12H,(H2,11,15);1H4. The van der Waals surface area contributed by atoms with Gasteiger partial charge in [-0.3, -0.25) is 19.7 Å². The zero-order valence-corrected chi connectivity index (χ0v) is 8.47. The number of hydrogen-bond donors (Lipinski definition) is 2. The van der Waals surface area contributed by atoms with Gasteiger partial charge in [-0.15, -0.1) is 0 Å². The summed E-state index contributed by atoms with van der Waals surface area (Å²) in [7, 11) is 0. The lowest BCUT2D eigenvalue weighted by Crippen LogP contribution is -2.22. The number of benzene rings is 1. The van der Waals surface area contributed by atoms with Gasteiger partial charge in [0, 0.05) is 29.2 Å². The molecule has 7 nitrogen and oxygen atoms in total. The summed E-state index contributed by atoms with van der Waals surface area (Å²) in [4.78, 5) is 35.0. The molecule has 18 heavy (non-hydrogen) atoms. The highest BCUT2D eigenvalue weighted by Gasteiger charge is 2.18. The van der Waals surface area contributed by atoms with E-state index in [2.05, 4.69) is 4.98 Å². The van der Waals surface area contributed by atoms with Crippen molar-refractivity contribution in [3.8, 4) is 0 Å². The van der Waals surface area contributed by atoms with Gasteiger partial charge in [0.25, 0.3) is 17.4 Å². The summed E-state index contributed by atoms with van der Waals surface area (Å²) in [5, 5.41) is 10.9. The third-order valence-electron chi connectivity index (χ3n) is 2.34. The van der Waals surface area contributed by atoms with Gasteiger partial charge >= 0.3 is 0 Å².